The Labute approximate surface area is 161 Å². The number of allylic oxidation sites excluding steroid dienone is 1. The zero-order valence-electron chi connectivity index (χ0n) is 16.5. The Morgan fingerprint density at radius 1 is 1.04 bits per heavy atom. The van der Waals surface area contributed by atoms with Gasteiger partial charge in [0.1, 0.15) is 0 Å². The van der Waals surface area contributed by atoms with E-state index in [2.05, 4.69) is 52.1 Å². The summed E-state index contributed by atoms with van der Waals surface area (Å²) in [5.74, 6) is -1.84. The molecule has 4 unspecified atom stereocenters. The van der Waals surface area contributed by atoms with Crippen LogP contribution in [0.2, 0.25) is 23.9 Å². The molecule has 5 rings (SSSR count). The lowest BCUT2D eigenvalue weighted by molar-refractivity contribution is -0.154. The summed E-state index contributed by atoms with van der Waals surface area (Å²) in [5, 5.41) is 0.0278. The van der Waals surface area contributed by atoms with Gasteiger partial charge in [-0.1, -0.05) is 68.7 Å². The van der Waals surface area contributed by atoms with Crippen molar-refractivity contribution in [1.82, 2.24) is 4.97 Å². The molecular formula is C20H26BNO4Si. The first-order chi connectivity index (χ1) is 12.6. The Kier molecular flexibility index (Phi) is 4.25. The molecule has 7 heteroatoms. The van der Waals surface area contributed by atoms with Crippen molar-refractivity contribution in [2.24, 2.45) is 11.8 Å². The highest BCUT2D eigenvalue weighted by atomic mass is 28.4. The van der Waals surface area contributed by atoms with Gasteiger partial charge in [-0.2, -0.15) is 0 Å². The number of hydroxylamine groups is 1. The van der Waals surface area contributed by atoms with Crippen molar-refractivity contribution in [2.45, 2.75) is 50.8 Å². The molecule has 2 bridgehead atoms. The van der Waals surface area contributed by atoms with Crippen LogP contribution in [0.25, 0.3) is 0 Å². The predicted octanol–water partition coefficient (Wildman–Crippen LogP) is 2.76. The van der Waals surface area contributed by atoms with Crippen molar-refractivity contribution in [3.8, 4) is 0 Å². The average Bonchev–Trinajstić information content (AvgIpc) is 2.91. The number of carbonyl (C=O) groups excluding carboxylic acids is 2. The molecule has 1 aromatic carbocycles. The van der Waals surface area contributed by atoms with Gasteiger partial charge in [0.05, 0.1) is 17.9 Å². The second kappa shape index (κ2) is 6.15. The van der Waals surface area contributed by atoms with Gasteiger partial charge in [0, 0.05) is 0 Å². The lowest BCUT2D eigenvalue weighted by Crippen LogP contribution is -2.68. The van der Waals surface area contributed by atoms with Gasteiger partial charge in [-0.25, -0.2) is 4.97 Å². The lowest BCUT2D eigenvalue weighted by atomic mass is 9.37. The highest BCUT2D eigenvalue weighted by molar-refractivity contribution is 6.77. The van der Waals surface area contributed by atoms with Crippen LogP contribution in [0, 0.1) is 11.8 Å². The van der Waals surface area contributed by atoms with Crippen LogP contribution < -0.4 is 5.46 Å². The number of benzene rings is 1. The van der Waals surface area contributed by atoms with Gasteiger partial charge in [-0.05, 0) is 23.9 Å². The second-order valence-electron chi connectivity index (χ2n) is 9.31. The molecule has 3 aliphatic heterocycles. The highest BCUT2D eigenvalue weighted by Crippen LogP contribution is 2.50. The Morgan fingerprint density at radius 2 is 1.67 bits per heavy atom. The number of fused-ring (bicyclic) bond motifs is 1. The minimum Gasteiger partial charge on any atom is -0.393 e. The van der Waals surface area contributed by atoms with E-state index in [9.17, 15) is 9.59 Å². The molecule has 3 heterocycles. The van der Waals surface area contributed by atoms with Gasteiger partial charge in [-0.3, -0.25) is 9.59 Å². The Hall–Kier alpha value is -1.70. The molecule has 142 valence electrons. The quantitative estimate of drug-likeness (QED) is 0.348. The van der Waals surface area contributed by atoms with Crippen LogP contribution in [0.4, 0.5) is 0 Å². The molecular weight excluding hydrogens is 357 g/mol. The normalized spacial score (nSPS) is 30.6. The van der Waals surface area contributed by atoms with E-state index in [-0.39, 0.29) is 23.7 Å². The molecule has 27 heavy (non-hydrogen) atoms. The van der Waals surface area contributed by atoms with Crippen LogP contribution in [-0.4, -0.2) is 38.1 Å². The average molecular weight is 383 g/mol. The minimum absolute atomic E-state index is 0.0278. The van der Waals surface area contributed by atoms with Gasteiger partial charge in [0.15, 0.2) is 0 Å². The third-order valence-electron chi connectivity index (χ3n) is 6.66. The number of ether oxygens (including phenoxy) is 1. The van der Waals surface area contributed by atoms with Crippen molar-refractivity contribution >= 4 is 32.6 Å². The summed E-state index contributed by atoms with van der Waals surface area (Å²) < 4.78 is 11.8. The Morgan fingerprint density at radius 3 is 2.30 bits per heavy atom. The fraction of sp³-hybridized carbons (Fsp3) is 0.500. The van der Waals surface area contributed by atoms with Gasteiger partial charge in [0.25, 0.3) is 6.85 Å². The van der Waals surface area contributed by atoms with E-state index in [4.69, 9.17) is 9.26 Å². The van der Waals surface area contributed by atoms with E-state index < -0.39 is 32.1 Å². The van der Waals surface area contributed by atoms with Crippen LogP contribution >= 0.6 is 0 Å². The summed E-state index contributed by atoms with van der Waals surface area (Å²) in [6, 6.07) is 9.84. The van der Waals surface area contributed by atoms with Gasteiger partial charge in [0.2, 0.25) is 8.32 Å². The SMILES string of the molecule is CC(C)(C)[Si](C)(C)ON1B(c2ccccc2)C2C=CC1C1C(=O)OC(=O)C21. The molecule has 4 aliphatic rings. The van der Waals surface area contributed by atoms with Gasteiger partial charge < -0.3 is 9.26 Å². The smallest absolute Gasteiger partial charge is 0.319 e. The fourth-order valence-electron chi connectivity index (χ4n) is 4.20. The molecule has 0 saturated carbocycles. The maximum absolute atomic E-state index is 12.4. The third kappa shape index (κ3) is 2.83. The molecule has 2 saturated heterocycles. The van der Waals surface area contributed by atoms with Crippen molar-refractivity contribution in [1.29, 1.82) is 0 Å². The first kappa shape index (κ1) is 18.7. The van der Waals surface area contributed by atoms with Crippen molar-refractivity contribution < 1.29 is 18.9 Å². The highest BCUT2D eigenvalue weighted by Gasteiger charge is 2.63. The van der Waals surface area contributed by atoms with E-state index in [1.165, 1.54) is 0 Å². The standard InChI is InChI=1S/C20H26BNO4Si/c1-20(2,3)27(4,5)26-22-15-12-11-14(16-17(15)19(24)25-18(16)23)21(22)13-9-7-6-8-10-13/h6-12,14-17H,1-5H3. The summed E-state index contributed by atoms with van der Waals surface area (Å²) in [5.41, 5.74) is 1.10. The number of cyclic esters (lactones) is 2. The van der Waals surface area contributed by atoms with Crippen LogP contribution in [0.5, 0.6) is 0 Å². The molecule has 1 aliphatic carbocycles. The zero-order valence-corrected chi connectivity index (χ0v) is 17.5. The molecule has 4 atom stereocenters. The first-order valence-corrected chi connectivity index (χ1v) is 12.5. The molecule has 0 aromatic heterocycles. The topological polar surface area (TPSA) is 55.8 Å². The molecule has 2 fully saturated rings. The van der Waals surface area contributed by atoms with Crippen LogP contribution in [0.3, 0.4) is 0 Å². The van der Waals surface area contributed by atoms with E-state index >= 15 is 0 Å². The minimum atomic E-state index is -2.13. The number of nitrogens with zero attached hydrogens (tertiary/aromatic N) is 1. The largest absolute Gasteiger partial charge is 0.393 e. The summed E-state index contributed by atoms with van der Waals surface area (Å²) in [4.78, 5) is 26.8. The van der Waals surface area contributed by atoms with Gasteiger partial charge in [-0.15, -0.1) is 0 Å². The molecule has 0 spiro atoms. The lowest BCUT2D eigenvalue weighted by Gasteiger charge is -2.53. The molecule has 1 aromatic rings. The van der Waals surface area contributed by atoms with Crippen molar-refractivity contribution in [3.63, 3.8) is 0 Å². The van der Waals surface area contributed by atoms with E-state index in [0.717, 1.165) is 5.46 Å². The molecule has 0 N–H and O–H groups in total. The number of esters is 2. The molecule has 0 amide bonds. The first-order valence-electron chi connectivity index (χ1n) is 9.58. The summed E-state index contributed by atoms with van der Waals surface area (Å²) in [7, 11) is -2.13. The molecule has 5 nitrogen and oxygen atoms in total. The maximum Gasteiger partial charge on any atom is 0.319 e. The Balaban J connectivity index is 1.79. The summed E-state index contributed by atoms with van der Waals surface area (Å²) in [6.45, 7) is 10.9. The van der Waals surface area contributed by atoms with Crippen LogP contribution in [-0.2, 0) is 18.9 Å². The summed E-state index contributed by atoms with van der Waals surface area (Å²) >= 11 is 0. The number of hydrogen-bond acceptors (Lipinski definition) is 5. The summed E-state index contributed by atoms with van der Waals surface area (Å²) in [6.07, 6.45) is 4.10. The van der Waals surface area contributed by atoms with Crippen molar-refractivity contribution in [2.75, 3.05) is 0 Å². The van der Waals surface area contributed by atoms with Crippen LogP contribution in [0.15, 0.2) is 42.5 Å². The third-order valence-corrected chi connectivity index (χ3v) is 10.9. The predicted molar refractivity (Wildman–Crippen MR) is 107 cm³/mol. The van der Waals surface area contributed by atoms with E-state index in [1.54, 1.807) is 0 Å². The number of hydrogen-bond donors (Lipinski definition) is 0. The maximum atomic E-state index is 12.4. The fourth-order valence-corrected chi connectivity index (χ4v) is 5.23. The van der Waals surface area contributed by atoms with E-state index in [1.807, 2.05) is 29.2 Å². The monoisotopic (exact) mass is 383 g/mol. The van der Waals surface area contributed by atoms with Gasteiger partial charge >= 0.3 is 11.9 Å². The number of carbonyl (C=O) groups is 2. The Bertz CT molecular complexity index is 804. The van der Waals surface area contributed by atoms with Crippen molar-refractivity contribution in [3.05, 3.63) is 42.5 Å². The van der Waals surface area contributed by atoms with E-state index in [0.29, 0.717) is 0 Å². The molecule has 0 radical (unpaired) electrons. The zero-order chi connectivity index (χ0) is 19.6. The number of rotatable bonds is 3. The second-order valence-corrected chi connectivity index (χ2v) is 14.0. The van der Waals surface area contributed by atoms with Crippen LogP contribution in [0.1, 0.15) is 20.8 Å².